The van der Waals surface area contributed by atoms with Crippen LogP contribution < -0.4 is 10.6 Å². The van der Waals surface area contributed by atoms with Crippen molar-refractivity contribution in [2.45, 2.75) is 19.4 Å². The molecular formula is C14H20F2N2O. The number of likely N-dealkylation sites (N-methyl/N-ethyl adjacent to an activating group) is 1. The van der Waals surface area contributed by atoms with E-state index in [9.17, 15) is 8.78 Å². The number of nitrogens with zero attached hydrogens (tertiary/aromatic N) is 1. The third kappa shape index (κ3) is 3.64. The zero-order valence-electron chi connectivity index (χ0n) is 11.2. The highest BCUT2D eigenvalue weighted by Crippen LogP contribution is 2.28. The van der Waals surface area contributed by atoms with Gasteiger partial charge in [0.15, 0.2) is 11.6 Å². The number of nitrogens with two attached hydrogens (primary N) is 1. The third-order valence-electron chi connectivity index (χ3n) is 3.39. The fraction of sp³-hybridized carbons (Fsp3) is 0.571. The molecule has 0 amide bonds. The predicted octanol–water partition coefficient (Wildman–Crippen LogP) is 2.29. The Morgan fingerprint density at radius 1 is 1.32 bits per heavy atom. The van der Waals surface area contributed by atoms with Crippen molar-refractivity contribution in [3.8, 4) is 0 Å². The molecule has 2 N–H and O–H groups in total. The Bertz CT molecular complexity index is 436. The number of hydrogen-bond donors (Lipinski definition) is 1. The molecule has 1 aromatic rings. The molecule has 0 spiro atoms. The van der Waals surface area contributed by atoms with Crippen LogP contribution in [-0.4, -0.2) is 26.8 Å². The highest BCUT2D eigenvalue weighted by molar-refractivity contribution is 5.49. The van der Waals surface area contributed by atoms with Crippen LogP contribution >= 0.6 is 0 Å². The van der Waals surface area contributed by atoms with Gasteiger partial charge in [-0.15, -0.1) is 0 Å². The van der Waals surface area contributed by atoms with Crippen LogP contribution in [0.1, 0.15) is 18.4 Å². The van der Waals surface area contributed by atoms with E-state index in [1.807, 2.05) is 0 Å². The van der Waals surface area contributed by atoms with Crippen molar-refractivity contribution >= 4 is 5.69 Å². The molecule has 19 heavy (non-hydrogen) atoms. The van der Waals surface area contributed by atoms with Crippen LogP contribution in [0.2, 0.25) is 0 Å². The molecule has 0 atom stereocenters. The minimum Gasteiger partial charge on any atom is -0.379 e. The molecule has 0 heterocycles. The lowest BCUT2D eigenvalue weighted by molar-refractivity contribution is 0.131. The molecule has 5 heteroatoms. The van der Waals surface area contributed by atoms with E-state index in [0.29, 0.717) is 19.1 Å². The highest BCUT2D eigenvalue weighted by atomic mass is 19.2. The lowest BCUT2D eigenvalue weighted by atomic mass is 10.1. The average molecular weight is 270 g/mol. The first-order valence-electron chi connectivity index (χ1n) is 6.59. The molecule has 1 fully saturated rings. The van der Waals surface area contributed by atoms with Crippen LogP contribution in [0.4, 0.5) is 14.5 Å². The van der Waals surface area contributed by atoms with E-state index in [1.54, 1.807) is 18.0 Å². The van der Waals surface area contributed by atoms with Crippen LogP contribution in [0.5, 0.6) is 0 Å². The topological polar surface area (TPSA) is 38.5 Å². The molecule has 106 valence electrons. The lowest BCUT2D eigenvalue weighted by Gasteiger charge is -2.20. The summed E-state index contributed by atoms with van der Waals surface area (Å²) in [5.74, 6) is -0.985. The molecule has 0 aromatic heterocycles. The van der Waals surface area contributed by atoms with E-state index in [-0.39, 0.29) is 17.8 Å². The standard InChI is InChI=1S/C14H20F2N2O/c1-18(6-7-19-9-10-2-3-10)12-5-4-11(8-17)13(15)14(12)16/h4-5,10H,2-3,6-9,17H2,1H3. The van der Waals surface area contributed by atoms with Crippen molar-refractivity contribution in [3.63, 3.8) is 0 Å². The number of rotatable bonds is 7. The first-order valence-corrected chi connectivity index (χ1v) is 6.59. The molecule has 0 radical (unpaired) electrons. The van der Waals surface area contributed by atoms with Gasteiger partial charge in [-0.2, -0.15) is 0 Å². The molecular weight excluding hydrogens is 250 g/mol. The van der Waals surface area contributed by atoms with Gasteiger partial charge in [-0.25, -0.2) is 8.78 Å². The van der Waals surface area contributed by atoms with Crippen LogP contribution in [-0.2, 0) is 11.3 Å². The molecule has 0 unspecified atom stereocenters. The second-order valence-electron chi connectivity index (χ2n) is 5.02. The van der Waals surface area contributed by atoms with E-state index < -0.39 is 11.6 Å². The van der Waals surface area contributed by atoms with E-state index in [4.69, 9.17) is 10.5 Å². The first-order chi connectivity index (χ1) is 9.13. The first kappa shape index (κ1) is 14.2. The summed E-state index contributed by atoms with van der Waals surface area (Å²) < 4.78 is 32.9. The van der Waals surface area contributed by atoms with Gasteiger partial charge in [-0.05, 0) is 24.8 Å². The van der Waals surface area contributed by atoms with Gasteiger partial charge in [0, 0.05) is 32.3 Å². The Morgan fingerprint density at radius 3 is 2.68 bits per heavy atom. The van der Waals surface area contributed by atoms with Gasteiger partial charge < -0.3 is 15.4 Å². The minimum atomic E-state index is -0.856. The Morgan fingerprint density at radius 2 is 2.05 bits per heavy atom. The van der Waals surface area contributed by atoms with Crippen molar-refractivity contribution in [2.24, 2.45) is 11.7 Å². The van der Waals surface area contributed by atoms with Gasteiger partial charge >= 0.3 is 0 Å². The average Bonchev–Trinajstić information content (AvgIpc) is 3.21. The second-order valence-corrected chi connectivity index (χ2v) is 5.02. The summed E-state index contributed by atoms with van der Waals surface area (Å²) in [4.78, 5) is 1.66. The molecule has 1 aromatic carbocycles. The van der Waals surface area contributed by atoms with Crippen molar-refractivity contribution in [1.29, 1.82) is 0 Å². The summed E-state index contributed by atoms with van der Waals surface area (Å²) in [6.07, 6.45) is 2.49. The quantitative estimate of drug-likeness (QED) is 0.773. The SMILES string of the molecule is CN(CCOCC1CC1)c1ccc(CN)c(F)c1F. The van der Waals surface area contributed by atoms with Crippen molar-refractivity contribution in [2.75, 3.05) is 31.7 Å². The highest BCUT2D eigenvalue weighted by Gasteiger charge is 2.21. The van der Waals surface area contributed by atoms with Crippen LogP contribution in [0.15, 0.2) is 12.1 Å². The van der Waals surface area contributed by atoms with Gasteiger partial charge in [0.1, 0.15) is 0 Å². The van der Waals surface area contributed by atoms with E-state index in [2.05, 4.69) is 0 Å². The zero-order chi connectivity index (χ0) is 13.8. The summed E-state index contributed by atoms with van der Waals surface area (Å²) in [5.41, 5.74) is 5.77. The normalized spacial score (nSPS) is 14.7. The zero-order valence-corrected chi connectivity index (χ0v) is 11.2. The molecule has 3 nitrogen and oxygen atoms in total. The molecule has 1 aliphatic rings. The van der Waals surface area contributed by atoms with Gasteiger partial charge in [0.2, 0.25) is 0 Å². The molecule has 1 aliphatic carbocycles. The molecule has 0 saturated heterocycles. The van der Waals surface area contributed by atoms with E-state index >= 15 is 0 Å². The maximum Gasteiger partial charge on any atom is 0.182 e. The number of anilines is 1. The van der Waals surface area contributed by atoms with Crippen molar-refractivity contribution in [3.05, 3.63) is 29.3 Å². The van der Waals surface area contributed by atoms with E-state index in [0.717, 1.165) is 6.61 Å². The number of benzene rings is 1. The second kappa shape index (κ2) is 6.30. The molecule has 2 rings (SSSR count). The van der Waals surface area contributed by atoms with Gasteiger partial charge in [0.05, 0.1) is 12.3 Å². The van der Waals surface area contributed by atoms with E-state index in [1.165, 1.54) is 18.9 Å². The lowest BCUT2D eigenvalue weighted by Crippen LogP contribution is -2.24. The number of ether oxygens (including phenoxy) is 1. The van der Waals surface area contributed by atoms with Crippen molar-refractivity contribution in [1.82, 2.24) is 0 Å². The predicted molar refractivity (Wildman–Crippen MR) is 71.1 cm³/mol. The van der Waals surface area contributed by atoms with Gasteiger partial charge in [-0.3, -0.25) is 0 Å². The Hall–Kier alpha value is -1.20. The van der Waals surface area contributed by atoms with Crippen LogP contribution in [0.3, 0.4) is 0 Å². The fourth-order valence-corrected chi connectivity index (χ4v) is 1.89. The molecule has 0 bridgehead atoms. The Labute approximate surface area is 112 Å². The monoisotopic (exact) mass is 270 g/mol. The Kier molecular flexibility index (Phi) is 4.71. The fourth-order valence-electron chi connectivity index (χ4n) is 1.89. The smallest absolute Gasteiger partial charge is 0.182 e. The minimum absolute atomic E-state index is 0.00273. The number of halogens is 2. The van der Waals surface area contributed by atoms with Crippen molar-refractivity contribution < 1.29 is 13.5 Å². The summed E-state index contributed by atoms with van der Waals surface area (Å²) in [5, 5.41) is 0. The molecule has 1 saturated carbocycles. The number of hydrogen-bond acceptors (Lipinski definition) is 3. The molecule has 0 aliphatic heterocycles. The Balaban J connectivity index is 1.90. The maximum atomic E-state index is 13.8. The van der Waals surface area contributed by atoms with Crippen LogP contribution in [0, 0.1) is 17.6 Å². The summed E-state index contributed by atoms with van der Waals surface area (Å²) in [6, 6.07) is 3.08. The maximum absolute atomic E-state index is 13.8. The van der Waals surface area contributed by atoms with Gasteiger partial charge in [0.25, 0.3) is 0 Å². The van der Waals surface area contributed by atoms with Gasteiger partial charge in [-0.1, -0.05) is 6.07 Å². The third-order valence-corrected chi connectivity index (χ3v) is 3.39. The summed E-state index contributed by atoms with van der Waals surface area (Å²) in [6.45, 7) is 1.83. The van der Waals surface area contributed by atoms with Crippen LogP contribution in [0.25, 0.3) is 0 Å². The summed E-state index contributed by atoms with van der Waals surface area (Å²) in [7, 11) is 1.72. The summed E-state index contributed by atoms with van der Waals surface area (Å²) >= 11 is 0. The largest absolute Gasteiger partial charge is 0.379 e.